The Hall–Kier alpha value is -1.18. The van der Waals surface area contributed by atoms with Crippen molar-refractivity contribution in [2.24, 2.45) is 0 Å². The zero-order chi connectivity index (χ0) is 8.85. The second kappa shape index (κ2) is 4.61. The highest BCUT2D eigenvalue weighted by Gasteiger charge is 2.21. The molecule has 5 heteroatoms. The van der Waals surface area contributed by atoms with Gasteiger partial charge in [0.05, 0.1) is 6.07 Å². The van der Waals surface area contributed by atoms with E-state index in [9.17, 15) is 13.6 Å². The summed E-state index contributed by atoms with van der Waals surface area (Å²) in [6, 6.07) is 1.63. The Morgan fingerprint density at radius 1 is 1.73 bits per heavy atom. The lowest BCUT2D eigenvalue weighted by atomic mass is 10.4. The lowest BCUT2D eigenvalue weighted by Gasteiger charge is -2.15. The molecule has 0 rings (SSSR count). The fourth-order valence-corrected chi connectivity index (χ4v) is 0.569. The van der Waals surface area contributed by atoms with E-state index in [0.717, 1.165) is 4.90 Å². The van der Waals surface area contributed by atoms with Crippen molar-refractivity contribution in [3.05, 3.63) is 0 Å². The Labute approximate surface area is 63.2 Å². The normalized spacial score (nSPS) is 9.36. The van der Waals surface area contributed by atoms with Crippen LogP contribution in [0, 0.1) is 11.3 Å². The highest BCUT2D eigenvalue weighted by molar-refractivity contribution is 5.79. The Balaban J connectivity index is 4.05. The summed E-state index contributed by atoms with van der Waals surface area (Å²) >= 11 is 0. The molecule has 62 valence electrons. The van der Waals surface area contributed by atoms with E-state index in [4.69, 9.17) is 5.26 Å². The van der Waals surface area contributed by atoms with Gasteiger partial charge in [-0.25, -0.2) is 0 Å². The molecule has 0 spiro atoms. The lowest BCUT2D eigenvalue weighted by molar-refractivity contribution is -0.141. The van der Waals surface area contributed by atoms with E-state index in [-0.39, 0.29) is 13.1 Å². The number of nitriles is 1. The van der Waals surface area contributed by atoms with Gasteiger partial charge in [0.15, 0.2) is 0 Å². The minimum atomic E-state index is -3.01. The van der Waals surface area contributed by atoms with Crippen molar-refractivity contribution in [2.45, 2.75) is 13.3 Å². The van der Waals surface area contributed by atoms with E-state index in [0.29, 0.717) is 0 Å². The third-order valence-electron chi connectivity index (χ3n) is 1.14. The van der Waals surface area contributed by atoms with Gasteiger partial charge in [0.1, 0.15) is 6.54 Å². The highest BCUT2D eigenvalue weighted by atomic mass is 19.3. The van der Waals surface area contributed by atoms with Gasteiger partial charge in [-0.15, -0.1) is 0 Å². The molecule has 0 saturated heterocycles. The van der Waals surface area contributed by atoms with E-state index in [1.807, 2.05) is 0 Å². The number of hydrogen-bond acceptors (Lipinski definition) is 2. The molecule has 0 aromatic carbocycles. The Morgan fingerprint density at radius 2 is 2.27 bits per heavy atom. The van der Waals surface area contributed by atoms with Crippen molar-refractivity contribution in [1.29, 1.82) is 5.26 Å². The largest absolute Gasteiger partial charge is 0.325 e. The first-order valence-corrected chi connectivity index (χ1v) is 3.07. The maximum absolute atomic E-state index is 11.7. The van der Waals surface area contributed by atoms with Gasteiger partial charge in [-0.05, 0) is 6.92 Å². The molecule has 0 heterocycles. The Morgan fingerprint density at radius 3 is 2.55 bits per heavy atom. The number of carbonyl (C=O) groups is 1. The summed E-state index contributed by atoms with van der Waals surface area (Å²) in [5, 5.41) is 8.11. The number of amides is 1. The zero-order valence-electron chi connectivity index (χ0n) is 6.05. The molecule has 0 radical (unpaired) electrons. The molecule has 0 atom stereocenters. The van der Waals surface area contributed by atoms with Crippen molar-refractivity contribution >= 4 is 5.91 Å². The van der Waals surface area contributed by atoms with Gasteiger partial charge in [-0.2, -0.15) is 14.0 Å². The molecule has 3 nitrogen and oxygen atoms in total. The topological polar surface area (TPSA) is 44.1 Å². The number of halogens is 2. The first-order valence-electron chi connectivity index (χ1n) is 3.07. The summed E-state index contributed by atoms with van der Waals surface area (Å²) in [6.07, 6.45) is -3.01. The molecule has 11 heavy (non-hydrogen) atoms. The Kier molecular flexibility index (Phi) is 4.11. The molecule has 1 amide bonds. The van der Waals surface area contributed by atoms with E-state index in [1.165, 1.54) is 6.92 Å². The molecule has 0 aromatic heterocycles. The summed E-state index contributed by atoms with van der Waals surface area (Å²) in [5.41, 5.74) is 0. The molecular weight excluding hydrogens is 154 g/mol. The van der Waals surface area contributed by atoms with Crippen LogP contribution in [0.1, 0.15) is 6.92 Å². The molecular formula is C6H8F2N2O. The molecule has 0 bridgehead atoms. The summed E-state index contributed by atoms with van der Waals surface area (Å²) in [6.45, 7) is 1.40. The number of rotatable bonds is 3. The number of hydrogen-bond donors (Lipinski definition) is 0. The van der Waals surface area contributed by atoms with Crippen molar-refractivity contribution in [1.82, 2.24) is 4.90 Å². The number of alkyl halides is 2. The first kappa shape index (κ1) is 9.82. The van der Waals surface area contributed by atoms with E-state index in [2.05, 4.69) is 0 Å². The fourth-order valence-electron chi connectivity index (χ4n) is 0.569. The molecule has 0 saturated carbocycles. The van der Waals surface area contributed by atoms with Gasteiger partial charge in [-0.3, -0.25) is 4.79 Å². The van der Waals surface area contributed by atoms with Gasteiger partial charge in [-0.1, -0.05) is 0 Å². The number of nitrogens with zero attached hydrogens (tertiary/aromatic N) is 2. The minimum absolute atomic E-state index is 0.136. The molecule has 0 N–H and O–H groups in total. The predicted octanol–water partition coefficient (Wildman–Crippen LogP) is 0.624. The van der Waals surface area contributed by atoms with Crippen molar-refractivity contribution in [3.8, 4) is 6.07 Å². The predicted molar refractivity (Wildman–Crippen MR) is 33.9 cm³/mol. The van der Waals surface area contributed by atoms with Crippen LogP contribution in [-0.4, -0.2) is 30.3 Å². The summed E-state index contributed by atoms with van der Waals surface area (Å²) in [7, 11) is 0. The standard InChI is InChI=1S/C6H8F2N2O/c1-2-10(4-3-9)6(11)5(7)8/h5H,2,4H2,1H3. The molecule has 0 aliphatic heterocycles. The fraction of sp³-hybridized carbons (Fsp3) is 0.667. The Bertz CT molecular complexity index is 176. The third kappa shape index (κ3) is 2.94. The molecule has 0 aromatic rings. The van der Waals surface area contributed by atoms with Crippen LogP contribution in [0.25, 0.3) is 0 Å². The lowest BCUT2D eigenvalue weighted by Crippen LogP contribution is -2.35. The maximum Gasteiger partial charge on any atom is 0.315 e. The second-order valence-electron chi connectivity index (χ2n) is 1.81. The third-order valence-corrected chi connectivity index (χ3v) is 1.14. The monoisotopic (exact) mass is 162 g/mol. The molecule has 0 unspecified atom stereocenters. The summed E-state index contributed by atoms with van der Waals surface area (Å²) < 4.78 is 23.4. The SMILES string of the molecule is CCN(CC#N)C(=O)C(F)F. The van der Waals surface area contributed by atoms with Gasteiger partial charge in [0.25, 0.3) is 5.91 Å². The first-order chi connectivity index (χ1) is 5.13. The summed E-state index contributed by atoms with van der Waals surface area (Å²) in [4.78, 5) is 11.3. The molecule has 0 aliphatic carbocycles. The summed E-state index contributed by atoms with van der Waals surface area (Å²) in [5.74, 6) is -1.28. The van der Waals surface area contributed by atoms with E-state index < -0.39 is 12.3 Å². The van der Waals surface area contributed by atoms with Gasteiger partial charge in [0, 0.05) is 6.54 Å². The molecule has 0 fully saturated rings. The van der Waals surface area contributed by atoms with E-state index >= 15 is 0 Å². The van der Waals surface area contributed by atoms with Gasteiger partial charge >= 0.3 is 6.43 Å². The van der Waals surface area contributed by atoms with Crippen LogP contribution in [0.2, 0.25) is 0 Å². The van der Waals surface area contributed by atoms with Crippen molar-refractivity contribution in [2.75, 3.05) is 13.1 Å². The number of carbonyl (C=O) groups excluding carboxylic acids is 1. The highest BCUT2D eigenvalue weighted by Crippen LogP contribution is 1.99. The van der Waals surface area contributed by atoms with Crippen LogP contribution >= 0.6 is 0 Å². The smallest absolute Gasteiger partial charge is 0.315 e. The average molecular weight is 162 g/mol. The van der Waals surface area contributed by atoms with Crippen LogP contribution in [0.3, 0.4) is 0 Å². The van der Waals surface area contributed by atoms with Gasteiger partial charge < -0.3 is 4.90 Å². The van der Waals surface area contributed by atoms with Crippen LogP contribution in [0.5, 0.6) is 0 Å². The van der Waals surface area contributed by atoms with Crippen molar-refractivity contribution < 1.29 is 13.6 Å². The average Bonchev–Trinajstić information content (AvgIpc) is 1.98. The van der Waals surface area contributed by atoms with Crippen LogP contribution in [-0.2, 0) is 4.79 Å². The van der Waals surface area contributed by atoms with Crippen molar-refractivity contribution in [3.63, 3.8) is 0 Å². The van der Waals surface area contributed by atoms with E-state index in [1.54, 1.807) is 6.07 Å². The van der Waals surface area contributed by atoms with Crippen LogP contribution in [0.4, 0.5) is 8.78 Å². The second-order valence-corrected chi connectivity index (χ2v) is 1.81. The van der Waals surface area contributed by atoms with Gasteiger partial charge in [0.2, 0.25) is 0 Å². The molecule has 0 aliphatic rings. The minimum Gasteiger partial charge on any atom is -0.325 e. The maximum atomic E-state index is 11.7. The van der Waals surface area contributed by atoms with Crippen LogP contribution in [0.15, 0.2) is 0 Å². The van der Waals surface area contributed by atoms with Crippen LogP contribution < -0.4 is 0 Å². The quantitative estimate of drug-likeness (QED) is 0.571. The zero-order valence-corrected chi connectivity index (χ0v) is 6.05.